The van der Waals surface area contributed by atoms with Crippen molar-refractivity contribution in [2.75, 3.05) is 17.2 Å². The Morgan fingerprint density at radius 3 is 2.78 bits per heavy atom. The summed E-state index contributed by atoms with van der Waals surface area (Å²) in [6.07, 6.45) is -0.290. The largest absolute Gasteiger partial charge is 0.465 e. The summed E-state index contributed by atoms with van der Waals surface area (Å²) < 4.78 is 4.87. The molecule has 1 aromatic heterocycles. The van der Waals surface area contributed by atoms with Crippen molar-refractivity contribution in [2.24, 2.45) is 0 Å². The molecular formula is C15H16N4O4. The molecule has 2 aromatic rings. The number of aromatic nitrogens is 1. The molecule has 3 N–H and O–H groups in total. The predicted molar refractivity (Wildman–Crippen MR) is 82.5 cm³/mol. The summed E-state index contributed by atoms with van der Waals surface area (Å²) >= 11 is 0. The number of rotatable bonds is 2. The maximum absolute atomic E-state index is 11.9. The van der Waals surface area contributed by atoms with Crippen LogP contribution in [0.4, 0.5) is 21.1 Å². The number of benzene rings is 1. The molecule has 3 rings (SSSR count). The molecule has 0 spiro atoms. The monoisotopic (exact) mass is 316 g/mol. The Morgan fingerprint density at radius 2 is 2.09 bits per heavy atom. The Kier molecular flexibility index (Phi) is 3.88. The number of carbonyl (C=O) groups is 2. The molecule has 1 aromatic carbocycles. The predicted octanol–water partition coefficient (Wildman–Crippen LogP) is 2.66. The van der Waals surface area contributed by atoms with Gasteiger partial charge in [-0.15, -0.1) is 0 Å². The van der Waals surface area contributed by atoms with E-state index in [1.165, 1.54) is 4.90 Å². The first-order valence-corrected chi connectivity index (χ1v) is 7.12. The first kappa shape index (κ1) is 14.9. The molecule has 23 heavy (non-hydrogen) atoms. The van der Waals surface area contributed by atoms with Gasteiger partial charge in [-0.25, -0.2) is 9.59 Å². The van der Waals surface area contributed by atoms with Crippen molar-refractivity contribution >= 4 is 23.6 Å². The van der Waals surface area contributed by atoms with Gasteiger partial charge in [-0.05, 0) is 36.6 Å². The highest BCUT2D eigenvalue weighted by Crippen LogP contribution is 2.23. The second-order valence-electron chi connectivity index (χ2n) is 5.34. The van der Waals surface area contributed by atoms with E-state index in [1.807, 2.05) is 12.1 Å². The SMILES string of the molecule is Cc1cc(NC(=O)Nc2ccc3c(c2)CCN(C(=O)O)C3)no1. The van der Waals surface area contributed by atoms with Crippen molar-refractivity contribution in [3.05, 3.63) is 41.2 Å². The lowest BCUT2D eigenvalue weighted by atomic mass is 9.99. The fraction of sp³-hybridized carbons (Fsp3) is 0.267. The lowest BCUT2D eigenvalue weighted by Gasteiger charge is -2.26. The minimum atomic E-state index is -0.917. The number of fused-ring (bicyclic) bond motifs is 1. The number of nitrogens with one attached hydrogen (secondary N) is 2. The zero-order valence-corrected chi connectivity index (χ0v) is 12.5. The van der Waals surface area contributed by atoms with Crippen LogP contribution in [0.1, 0.15) is 16.9 Å². The molecule has 8 nitrogen and oxygen atoms in total. The molecule has 0 aliphatic carbocycles. The summed E-state index contributed by atoms with van der Waals surface area (Å²) in [6, 6.07) is 6.65. The van der Waals surface area contributed by atoms with E-state index in [4.69, 9.17) is 9.63 Å². The maximum Gasteiger partial charge on any atom is 0.407 e. The fourth-order valence-corrected chi connectivity index (χ4v) is 2.50. The van der Waals surface area contributed by atoms with E-state index < -0.39 is 12.1 Å². The summed E-state index contributed by atoms with van der Waals surface area (Å²) in [7, 11) is 0. The standard InChI is InChI=1S/C15H16N4O4/c1-9-6-13(18-23-9)17-14(20)16-12-3-2-11-8-19(15(21)22)5-4-10(11)7-12/h2-3,6-7H,4-5,8H2,1H3,(H,21,22)(H2,16,17,18,20). The zero-order chi connectivity index (χ0) is 16.4. The summed E-state index contributed by atoms with van der Waals surface area (Å²) in [5.74, 6) is 0.951. The van der Waals surface area contributed by atoms with E-state index in [2.05, 4.69) is 15.8 Å². The van der Waals surface area contributed by atoms with Gasteiger partial charge < -0.3 is 19.8 Å². The van der Waals surface area contributed by atoms with Gasteiger partial charge in [0.25, 0.3) is 0 Å². The Hall–Kier alpha value is -3.03. The second kappa shape index (κ2) is 5.99. The Bertz CT molecular complexity index is 756. The molecule has 0 unspecified atom stereocenters. The van der Waals surface area contributed by atoms with Gasteiger partial charge in [-0.3, -0.25) is 5.32 Å². The number of hydrogen-bond donors (Lipinski definition) is 3. The molecule has 0 radical (unpaired) electrons. The highest BCUT2D eigenvalue weighted by molar-refractivity contribution is 5.99. The van der Waals surface area contributed by atoms with Crippen molar-refractivity contribution in [2.45, 2.75) is 19.9 Å². The van der Waals surface area contributed by atoms with Gasteiger partial charge in [-0.1, -0.05) is 11.2 Å². The molecule has 120 valence electrons. The van der Waals surface area contributed by atoms with Crippen LogP contribution in [0, 0.1) is 6.92 Å². The van der Waals surface area contributed by atoms with Crippen molar-refractivity contribution in [3.8, 4) is 0 Å². The molecule has 2 heterocycles. The average Bonchev–Trinajstić information content (AvgIpc) is 2.91. The van der Waals surface area contributed by atoms with Crippen LogP contribution in [0.15, 0.2) is 28.8 Å². The third-order valence-corrected chi connectivity index (χ3v) is 3.62. The van der Waals surface area contributed by atoms with Crippen LogP contribution in [0.2, 0.25) is 0 Å². The molecule has 0 fully saturated rings. The number of anilines is 2. The van der Waals surface area contributed by atoms with E-state index >= 15 is 0 Å². The molecule has 0 saturated heterocycles. The van der Waals surface area contributed by atoms with E-state index in [0.717, 1.165) is 11.1 Å². The summed E-state index contributed by atoms with van der Waals surface area (Å²) in [6.45, 7) is 2.56. The third kappa shape index (κ3) is 3.42. The molecule has 1 aliphatic rings. The minimum absolute atomic E-state index is 0.343. The van der Waals surface area contributed by atoms with Crippen molar-refractivity contribution < 1.29 is 19.2 Å². The van der Waals surface area contributed by atoms with Crippen molar-refractivity contribution in [1.82, 2.24) is 10.1 Å². The quantitative estimate of drug-likeness (QED) is 0.789. The van der Waals surface area contributed by atoms with Crippen LogP contribution < -0.4 is 10.6 Å². The molecule has 0 atom stereocenters. The highest BCUT2D eigenvalue weighted by atomic mass is 16.5. The first-order valence-electron chi connectivity index (χ1n) is 7.12. The van der Waals surface area contributed by atoms with Gasteiger partial charge in [-0.2, -0.15) is 0 Å². The van der Waals surface area contributed by atoms with Crippen LogP contribution in [0.3, 0.4) is 0 Å². The van der Waals surface area contributed by atoms with Crippen LogP contribution in [-0.2, 0) is 13.0 Å². The van der Waals surface area contributed by atoms with E-state index in [9.17, 15) is 9.59 Å². The molecule has 1 aliphatic heterocycles. The second-order valence-corrected chi connectivity index (χ2v) is 5.34. The van der Waals surface area contributed by atoms with Gasteiger partial charge in [0.1, 0.15) is 5.76 Å². The first-order chi connectivity index (χ1) is 11.0. The number of nitrogens with zero attached hydrogens (tertiary/aromatic N) is 2. The number of amides is 3. The molecule has 8 heteroatoms. The molecule has 0 bridgehead atoms. The number of aryl methyl sites for hydroxylation is 1. The van der Waals surface area contributed by atoms with Crippen molar-refractivity contribution in [3.63, 3.8) is 0 Å². The van der Waals surface area contributed by atoms with E-state index in [-0.39, 0.29) is 0 Å². The molecule has 3 amide bonds. The Balaban J connectivity index is 1.65. The maximum atomic E-state index is 11.9. The van der Waals surface area contributed by atoms with Crippen LogP contribution in [0.5, 0.6) is 0 Å². The van der Waals surface area contributed by atoms with E-state index in [1.54, 1.807) is 19.1 Å². The highest BCUT2D eigenvalue weighted by Gasteiger charge is 2.20. The van der Waals surface area contributed by atoms with Crippen molar-refractivity contribution in [1.29, 1.82) is 0 Å². The topological polar surface area (TPSA) is 108 Å². The third-order valence-electron chi connectivity index (χ3n) is 3.62. The van der Waals surface area contributed by atoms with Crippen LogP contribution >= 0.6 is 0 Å². The fourth-order valence-electron chi connectivity index (χ4n) is 2.50. The minimum Gasteiger partial charge on any atom is -0.465 e. The lowest BCUT2D eigenvalue weighted by molar-refractivity contribution is 0.140. The summed E-state index contributed by atoms with van der Waals surface area (Å²) in [5, 5.41) is 18.0. The smallest absolute Gasteiger partial charge is 0.407 e. The van der Waals surface area contributed by atoms with Crippen LogP contribution in [0.25, 0.3) is 0 Å². The van der Waals surface area contributed by atoms with Gasteiger partial charge in [0.2, 0.25) is 0 Å². The Morgan fingerprint density at radius 1 is 1.26 bits per heavy atom. The van der Waals surface area contributed by atoms with Gasteiger partial charge in [0, 0.05) is 24.8 Å². The van der Waals surface area contributed by atoms with E-state index in [0.29, 0.717) is 36.8 Å². The van der Waals surface area contributed by atoms with Crippen LogP contribution in [-0.4, -0.2) is 33.8 Å². The molecule has 0 saturated carbocycles. The summed E-state index contributed by atoms with van der Waals surface area (Å²) in [5.41, 5.74) is 2.64. The number of urea groups is 1. The summed E-state index contributed by atoms with van der Waals surface area (Å²) in [4.78, 5) is 24.3. The number of carboxylic acid groups (broad SMARTS) is 1. The molecular weight excluding hydrogens is 300 g/mol. The normalized spacial score (nSPS) is 13.3. The van der Waals surface area contributed by atoms with Gasteiger partial charge in [0.15, 0.2) is 5.82 Å². The van der Waals surface area contributed by atoms with Gasteiger partial charge in [0.05, 0.1) is 0 Å². The zero-order valence-electron chi connectivity index (χ0n) is 12.5. The Labute approximate surface area is 132 Å². The number of carbonyl (C=O) groups excluding carboxylic acids is 1. The average molecular weight is 316 g/mol. The van der Waals surface area contributed by atoms with Gasteiger partial charge >= 0.3 is 12.1 Å². The number of hydrogen-bond acceptors (Lipinski definition) is 4. The lowest BCUT2D eigenvalue weighted by Crippen LogP contribution is -2.34.